The Bertz CT molecular complexity index is 1220. The lowest BCUT2D eigenvalue weighted by Crippen LogP contribution is -2.49. The van der Waals surface area contributed by atoms with E-state index in [1.165, 1.54) is 11.1 Å². The minimum absolute atomic E-state index is 0.138. The molecule has 1 fully saturated rings. The second kappa shape index (κ2) is 12.6. The fourth-order valence-electron chi connectivity index (χ4n) is 6.31. The molecule has 0 radical (unpaired) electrons. The summed E-state index contributed by atoms with van der Waals surface area (Å²) in [5.41, 5.74) is 5.11. The van der Waals surface area contributed by atoms with Crippen molar-refractivity contribution < 1.29 is 9.59 Å². The summed E-state index contributed by atoms with van der Waals surface area (Å²) in [7, 11) is 0. The van der Waals surface area contributed by atoms with E-state index in [2.05, 4.69) is 65.7 Å². The number of unbranched alkanes of at least 4 members (excludes halogenated alkanes) is 2. The average molecular weight is 524 g/mol. The van der Waals surface area contributed by atoms with Gasteiger partial charge >= 0.3 is 0 Å². The molecule has 2 aliphatic rings. The van der Waals surface area contributed by atoms with Crippen LogP contribution in [0, 0.1) is 0 Å². The number of carbonyl (C=O) groups is 2. The normalized spacial score (nSPS) is 16.0. The Hall–Kier alpha value is -3.44. The first-order chi connectivity index (χ1) is 19.1. The lowest BCUT2D eigenvalue weighted by Gasteiger charge is -2.35. The number of rotatable bonds is 11. The van der Waals surface area contributed by atoms with Crippen LogP contribution in [0.25, 0.3) is 11.1 Å². The van der Waals surface area contributed by atoms with Crippen LogP contribution in [0.2, 0.25) is 0 Å². The molecule has 0 spiro atoms. The molecular formula is C34H41N3O2. The van der Waals surface area contributed by atoms with Gasteiger partial charge in [-0.1, -0.05) is 98.6 Å². The van der Waals surface area contributed by atoms with Gasteiger partial charge in [-0.15, -0.1) is 0 Å². The summed E-state index contributed by atoms with van der Waals surface area (Å²) < 4.78 is 0. The smallest absolute Gasteiger partial charge is 0.235 e. The number of amides is 2. The average Bonchev–Trinajstić information content (AvgIpc) is 3.27. The number of hydrogen-bond acceptors (Lipinski definition) is 3. The molecule has 0 atom stereocenters. The monoisotopic (exact) mass is 523 g/mol. The molecule has 0 saturated carbocycles. The number of fused-ring (bicyclic) bond motifs is 3. The van der Waals surface area contributed by atoms with E-state index < -0.39 is 5.41 Å². The minimum atomic E-state index is -0.635. The van der Waals surface area contributed by atoms with Crippen LogP contribution in [0.3, 0.4) is 0 Å². The summed E-state index contributed by atoms with van der Waals surface area (Å²) in [5.74, 6) is 0.356. The third-order valence-corrected chi connectivity index (χ3v) is 8.47. The molecule has 39 heavy (non-hydrogen) atoms. The van der Waals surface area contributed by atoms with Crippen molar-refractivity contribution in [3.8, 4) is 11.1 Å². The minimum Gasteiger partial charge on any atom is -0.355 e. The first kappa shape index (κ1) is 27.1. The number of benzene rings is 3. The van der Waals surface area contributed by atoms with Gasteiger partial charge in [-0.25, -0.2) is 0 Å². The quantitative estimate of drug-likeness (QED) is 0.341. The molecule has 1 aliphatic carbocycles. The Kier molecular flexibility index (Phi) is 8.77. The lowest BCUT2D eigenvalue weighted by atomic mass is 9.73. The highest BCUT2D eigenvalue weighted by Gasteiger charge is 2.48. The van der Waals surface area contributed by atoms with E-state index in [1.54, 1.807) is 0 Å². The molecule has 0 aromatic heterocycles. The zero-order chi connectivity index (χ0) is 27.1. The maximum Gasteiger partial charge on any atom is 0.235 e. The second-order valence-electron chi connectivity index (χ2n) is 10.9. The van der Waals surface area contributed by atoms with Crippen LogP contribution in [0.15, 0.2) is 78.9 Å². The van der Waals surface area contributed by atoms with Crippen molar-refractivity contribution in [2.75, 3.05) is 39.3 Å². The van der Waals surface area contributed by atoms with Crippen LogP contribution in [-0.2, 0) is 21.4 Å². The van der Waals surface area contributed by atoms with Crippen molar-refractivity contribution >= 4 is 11.8 Å². The van der Waals surface area contributed by atoms with Gasteiger partial charge in [0.15, 0.2) is 0 Å². The number of nitrogens with one attached hydrogen (secondary N) is 1. The van der Waals surface area contributed by atoms with Crippen LogP contribution in [0.4, 0.5) is 0 Å². The van der Waals surface area contributed by atoms with E-state index in [0.717, 1.165) is 81.5 Å². The van der Waals surface area contributed by atoms with Crippen LogP contribution in [0.5, 0.6) is 0 Å². The number of hydrogen-bond donors (Lipinski definition) is 1. The third kappa shape index (κ3) is 5.79. The van der Waals surface area contributed by atoms with E-state index in [0.29, 0.717) is 13.0 Å². The molecule has 1 heterocycles. The summed E-state index contributed by atoms with van der Waals surface area (Å²) in [6.45, 7) is 7.27. The molecule has 2 amide bonds. The standard InChI is InChI=1S/C34H41N3O2/c1-2-3-20-35-33(39)34(30-17-9-7-15-28(30)29-16-8-10-18-31(29)34)19-11-12-21-36-22-24-37(25-23-36)32(38)26-27-13-5-4-6-14-27/h4-10,13-18H,2-3,11-12,19-26H2,1H3,(H,35,39). The van der Waals surface area contributed by atoms with Crippen molar-refractivity contribution in [3.63, 3.8) is 0 Å². The summed E-state index contributed by atoms with van der Waals surface area (Å²) in [6.07, 6.45) is 5.33. The molecular weight excluding hydrogens is 482 g/mol. The first-order valence-electron chi connectivity index (χ1n) is 14.6. The van der Waals surface area contributed by atoms with Crippen molar-refractivity contribution in [1.29, 1.82) is 0 Å². The zero-order valence-corrected chi connectivity index (χ0v) is 23.2. The Balaban J connectivity index is 1.20. The topological polar surface area (TPSA) is 52.7 Å². The van der Waals surface area contributed by atoms with E-state index in [4.69, 9.17) is 0 Å². The summed E-state index contributed by atoms with van der Waals surface area (Å²) in [5, 5.41) is 3.28. The molecule has 0 unspecified atom stereocenters. The maximum atomic E-state index is 13.9. The van der Waals surface area contributed by atoms with Gasteiger partial charge in [0.2, 0.25) is 11.8 Å². The summed E-state index contributed by atoms with van der Waals surface area (Å²) in [6, 6.07) is 26.9. The van der Waals surface area contributed by atoms with Gasteiger partial charge in [-0.2, -0.15) is 0 Å². The molecule has 5 nitrogen and oxygen atoms in total. The molecule has 1 aliphatic heterocycles. The largest absolute Gasteiger partial charge is 0.355 e. The first-order valence-corrected chi connectivity index (χ1v) is 14.6. The SMILES string of the molecule is CCCCNC(=O)C1(CCCCN2CCN(C(=O)Cc3ccccc3)CC2)c2ccccc2-c2ccccc21. The van der Waals surface area contributed by atoms with Gasteiger partial charge in [-0.3, -0.25) is 14.5 Å². The molecule has 5 rings (SSSR count). The van der Waals surface area contributed by atoms with Gasteiger partial charge < -0.3 is 10.2 Å². The molecule has 3 aromatic carbocycles. The number of piperazine rings is 1. The highest BCUT2D eigenvalue weighted by Crippen LogP contribution is 2.51. The molecule has 204 valence electrons. The van der Waals surface area contributed by atoms with Crippen LogP contribution in [0.1, 0.15) is 55.7 Å². The molecule has 1 saturated heterocycles. The Morgan fingerprint density at radius 3 is 2.03 bits per heavy atom. The fourth-order valence-corrected chi connectivity index (χ4v) is 6.31. The number of carbonyl (C=O) groups excluding carboxylic acids is 2. The molecule has 5 heteroatoms. The fraction of sp³-hybridized carbons (Fsp3) is 0.412. The van der Waals surface area contributed by atoms with Gasteiger partial charge in [-0.05, 0) is 53.6 Å². The second-order valence-corrected chi connectivity index (χ2v) is 10.9. The predicted octanol–water partition coefficient (Wildman–Crippen LogP) is 5.43. The van der Waals surface area contributed by atoms with Gasteiger partial charge in [0, 0.05) is 32.7 Å². The van der Waals surface area contributed by atoms with Gasteiger partial charge in [0.05, 0.1) is 6.42 Å². The van der Waals surface area contributed by atoms with Crippen molar-refractivity contribution in [1.82, 2.24) is 15.1 Å². The lowest BCUT2D eigenvalue weighted by molar-refractivity contribution is -0.132. The highest BCUT2D eigenvalue weighted by molar-refractivity contribution is 6.00. The highest BCUT2D eigenvalue weighted by atomic mass is 16.2. The van der Waals surface area contributed by atoms with Crippen molar-refractivity contribution in [2.24, 2.45) is 0 Å². The molecule has 1 N–H and O–H groups in total. The zero-order valence-electron chi connectivity index (χ0n) is 23.2. The van der Waals surface area contributed by atoms with E-state index in [1.807, 2.05) is 35.2 Å². The summed E-state index contributed by atoms with van der Waals surface area (Å²) in [4.78, 5) is 31.2. The predicted molar refractivity (Wildman–Crippen MR) is 158 cm³/mol. The van der Waals surface area contributed by atoms with Crippen LogP contribution < -0.4 is 5.32 Å². The van der Waals surface area contributed by atoms with Gasteiger partial charge in [0.1, 0.15) is 5.41 Å². The maximum absolute atomic E-state index is 13.9. The summed E-state index contributed by atoms with van der Waals surface area (Å²) >= 11 is 0. The Morgan fingerprint density at radius 2 is 1.38 bits per heavy atom. The van der Waals surface area contributed by atoms with E-state index in [9.17, 15) is 9.59 Å². The van der Waals surface area contributed by atoms with Crippen LogP contribution >= 0.6 is 0 Å². The molecule has 3 aromatic rings. The van der Waals surface area contributed by atoms with Crippen LogP contribution in [-0.4, -0.2) is 60.9 Å². The Labute approximate surface area is 233 Å². The Morgan fingerprint density at radius 1 is 0.769 bits per heavy atom. The van der Waals surface area contributed by atoms with Crippen molar-refractivity contribution in [2.45, 2.75) is 50.9 Å². The van der Waals surface area contributed by atoms with Crippen molar-refractivity contribution in [3.05, 3.63) is 95.6 Å². The third-order valence-electron chi connectivity index (χ3n) is 8.47. The van der Waals surface area contributed by atoms with E-state index in [-0.39, 0.29) is 11.8 Å². The number of nitrogens with zero attached hydrogens (tertiary/aromatic N) is 2. The molecule has 0 bridgehead atoms. The van der Waals surface area contributed by atoms with E-state index >= 15 is 0 Å². The van der Waals surface area contributed by atoms with Gasteiger partial charge in [0.25, 0.3) is 0 Å².